The summed E-state index contributed by atoms with van der Waals surface area (Å²) in [6, 6.07) is 15.2. The van der Waals surface area contributed by atoms with Gasteiger partial charge in [-0.1, -0.05) is 18.2 Å². The summed E-state index contributed by atoms with van der Waals surface area (Å²) >= 11 is 0. The van der Waals surface area contributed by atoms with Crippen molar-refractivity contribution in [1.82, 2.24) is 4.98 Å². The number of pyridine rings is 1. The quantitative estimate of drug-likeness (QED) is 0.747. The molecular weight excluding hydrogens is 238 g/mol. The second-order valence-corrected chi connectivity index (χ2v) is 4.35. The fourth-order valence-electron chi connectivity index (χ4n) is 2.03. The van der Waals surface area contributed by atoms with Crippen LogP contribution in [0.1, 0.15) is 5.69 Å². The van der Waals surface area contributed by atoms with E-state index in [0.717, 1.165) is 28.0 Å². The van der Waals surface area contributed by atoms with Crippen molar-refractivity contribution in [3.63, 3.8) is 0 Å². The zero-order chi connectivity index (χ0) is 13.2. The molecular formula is C16H13NO2. The van der Waals surface area contributed by atoms with Crippen molar-refractivity contribution in [2.45, 2.75) is 6.92 Å². The zero-order valence-electron chi connectivity index (χ0n) is 10.5. The summed E-state index contributed by atoms with van der Waals surface area (Å²) in [6.07, 6.45) is 1.47. The summed E-state index contributed by atoms with van der Waals surface area (Å²) in [5, 5.41) is 11.5. The van der Waals surface area contributed by atoms with Gasteiger partial charge in [-0.2, -0.15) is 0 Å². The molecule has 3 nitrogen and oxygen atoms in total. The second kappa shape index (κ2) is 4.61. The van der Waals surface area contributed by atoms with Crippen LogP contribution in [0, 0.1) is 6.92 Å². The number of rotatable bonds is 2. The van der Waals surface area contributed by atoms with Crippen LogP contribution in [-0.2, 0) is 0 Å². The predicted octanol–water partition coefficient (Wildman–Crippen LogP) is 4.04. The van der Waals surface area contributed by atoms with Crippen LogP contribution in [0.4, 0.5) is 0 Å². The Bertz CT molecular complexity index is 723. The van der Waals surface area contributed by atoms with Gasteiger partial charge in [0.1, 0.15) is 17.2 Å². The second-order valence-electron chi connectivity index (χ2n) is 4.35. The highest BCUT2D eigenvalue weighted by Crippen LogP contribution is 2.30. The monoisotopic (exact) mass is 251 g/mol. The number of ether oxygens (including phenoxy) is 1. The van der Waals surface area contributed by atoms with E-state index in [4.69, 9.17) is 4.74 Å². The minimum atomic E-state index is 0.187. The van der Waals surface area contributed by atoms with Gasteiger partial charge in [0.05, 0.1) is 6.20 Å². The highest BCUT2D eigenvalue weighted by atomic mass is 16.5. The number of para-hydroxylation sites is 1. The topological polar surface area (TPSA) is 42.4 Å². The van der Waals surface area contributed by atoms with E-state index >= 15 is 0 Å². The number of aryl methyl sites for hydroxylation is 1. The van der Waals surface area contributed by atoms with Crippen LogP contribution >= 0.6 is 0 Å². The molecule has 94 valence electrons. The summed E-state index contributed by atoms with van der Waals surface area (Å²) in [7, 11) is 0. The first-order valence-electron chi connectivity index (χ1n) is 6.05. The van der Waals surface area contributed by atoms with Gasteiger partial charge < -0.3 is 9.84 Å². The lowest BCUT2D eigenvalue weighted by Crippen LogP contribution is -1.87. The maximum absolute atomic E-state index is 9.77. The van der Waals surface area contributed by atoms with Crippen LogP contribution in [0.2, 0.25) is 0 Å². The molecule has 0 aliphatic carbocycles. The number of aromatic nitrogens is 1. The number of nitrogens with zero attached hydrogens (tertiary/aromatic N) is 1. The van der Waals surface area contributed by atoms with E-state index in [2.05, 4.69) is 4.98 Å². The van der Waals surface area contributed by atoms with Crippen molar-refractivity contribution in [2.75, 3.05) is 0 Å². The summed E-state index contributed by atoms with van der Waals surface area (Å²) in [6.45, 7) is 1.91. The molecule has 0 bridgehead atoms. The van der Waals surface area contributed by atoms with Crippen molar-refractivity contribution in [2.24, 2.45) is 0 Å². The molecule has 0 saturated carbocycles. The normalized spacial score (nSPS) is 10.6. The van der Waals surface area contributed by atoms with Crippen LogP contribution < -0.4 is 4.74 Å². The molecule has 0 radical (unpaired) electrons. The van der Waals surface area contributed by atoms with Gasteiger partial charge in [0.25, 0.3) is 0 Å². The maximum Gasteiger partial charge on any atom is 0.141 e. The molecule has 0 aliphatic rings. The lowest BCUT2D eigenvalue weighted by Gasteiger charge is -2.08. The first-order chi connectivity index (χ1) is 9.24. The average Bonchev–Trinajstić information content (AvgIpc) is 2.44. The molecule has 2 aromatic carbocycles. The van der Waals surface area contributed by atoms with Crippen LogP contribution in [0.15, 0.2) is 54.7 Å². The fourth-order valence-corrected chi connectivity index (χ4v) is 2.03. The number of benzene rings is 2. The molecule has 1 heterocycles. The molecule has 1 aromatic heterocycles. The average molecular weight is 251 g/mol. The molecule has 0 fully saturated rings. The first kappa shape index (κ1) is 11.5. The SMILES string of the molecule is Cc1ncc(O)c2ccc(Oc3ccccc3)cc12. The van der Waals surface area contributed by atoms with Crippen molar-refractivity contribution in [1.29, 1.82) is 0 Å². The third kappa shape index (κ3) is 2.22. The third-order valence-electron chi connectivity index (χ3n) is 3.02. The molecule has 3 aromatic rings. The highest BCUT2D eigenvalue weighted by Gasteiger charge is 2.06. The molecule has 0 atom stereocenters. The fraction of sp³-hybridized carbons (Fsp3) is 0.0625. The number of hydrogen-bond donors (Lipinski definition) is 1. The van der Waals surface area contributed by atoms with Gasteiger partial charge in [-0.05, 0) is 37.3 Å². The van der Waals surface area contributed by atoms with Gasteiger partial charge in [0.2, 0.25) is 0 Å². The number of fused-ring (bicyclic) bond motifs is 1. The Balaban J connectivity index is 2.05. The van der Waals surface area contributed by atoms with Crippen LogP contribution in [0.5, 0.6) is 17.2 Å². The Morgan fingerprint density at radius 3 is 2.53 bits per heavy atom. The number of hydrogen-bond acceptors (Lipinski definition) is 3. The van der Waals surface area contributed by atoms with E-state index < -0.39 is 0 Å². The van der Waals surface area contributed by atoms with E-state index in [1.54, 1.807) is 0 Å². The zero-order valence-corrected chi connectivity index (χ0v) is 10.5. The van der Waals surface area contributed by atoms with Gasteiger partial charge in [-0.25, -0.2) is 0 Å². The van der Waals surface area contributed by atoms with Gasteiger partial charge in [-0.3, -0.25) is 4.98 Å². The molecule has 19 heavy (non-hydrogen) atoms. The van der Waals surface area contributed by atoms with Crippen LogP contribution in [-0.4, -0.2) is 10.1 Å². The Kier molecular flexibility index (Phi) is 2.80. The van der Waals surface area contributed by atoms with Gasteiger partial charge in [-0.15, -0.1) is 0 Å². The lowest BCUT2D eigenvalue weighted by molar-refractivity contribution is 0.477. The predicted molar refractivity (Wildman–Crippen MR) is 74.7 cm³/mol. The third-order valence-corrected chi connectivity index (χ3v) is 3.02. The molecule has 0 spiro atoms. The molecule has 0 aliphatic heterocycles. The van der Waals surface area contributed by atoms with Crippen LogP contribution in [0.3, 0.4) is 0 Å². The lowest BCUT2D eigenvalue weighted by atomic mass is 10.1. The summed E-state index contributed by atoms with van der Waals surface area (Å²) in [5.74, 6) is 1.70. The van der Waals surface area contributed by atoms with Gasteiger partial charge in [0.15, 0.2) is 0 Å². The molecule has 3 rings (SSSR count). The van der Waals surface area contributed by atoms with E-state index in [1.807, 2.05) is 55.5 Å². The highest BCUT2D eigenvalue weighted by molar-refractivity contribution is 5.90. The maximum atomic E-state index is 9.77. The molecule has 3 heteroatoms. The molecule has 0 saturated heterocycles. The van der Waals surface area contributed by atoms with Crippen molar-refractivity contribution >= 4 is 10.8 Å². The molecule has 1 N–H and O–H groups in total. The van der Waals surface area contributed by atoms with E-state index in [0.29, 0.717) is 0 Å². The Morgan fingerprint density at radius 1 is 0.947 bits per heavy atom. The number of aromatic hydroxyl groups is 1. The summed E-state index contributed by atoms with van der Waals surface area (Å²) < 4.78 is 5.77. The molecule has 0 amide bonds. The molecule has 0 unspecified atom stereocenters. The van der Waals surface area contributed by atoms with Crippen molar-refractivity contribution in [3.05, 3.63) is 60.4 Å². The van der Waals surface area contributed by atoms with Gasteiger partial charge in [0, 0.05) is 16.5 Å². The van der Waals surface area contributed by atoms with Gasteiger partial charge >= 0.3 is 0 Å². The summed E-state index contributed by atoms with van der Waals surface area (Å²) in [4.78, 5) is 4.15. The van der Waals surface area contributed by atoms with Crippen molar-refractivity contribution < 1.29 is 9.84 Å². The van der Waals surface area contributed by atoms with E-state index in [1.165, 1.54) is 6.20 Å². The Morgan fingerprint density at radius 2 is 1.74 bits per heavy atom. The largest absolute Gasteiger partial charge is 0.506 e. The summed E-state index contributed by atoms with van der Waals surface area (Å²) in [5.41, 5.74) is 0.867. The minimum Gasteiger partial charge on any atom is -0.506 e. The van der Waals surface area contributed by atoms with E-state index in [9.17, 15) is 5.11 Å². The van der Waals surface area contributed by atoms with E-state index in [-0.39, 0.29) is 5.75 Å². The standard InChI is InChI=1S/C16H13NO2/c1-11-15-9-13(19-12-5-3-2-4-6-12)7-8-14(15)16(18)10-17-11/h2-10,18H,1H3. The van der Waals surface area contributed by atoms with Crippen molar-refractivity contribution in [3.8, 4) is 17.2 Å². The minimum absolute atomic E-state index is 0.187. The van der Waals surface area contributed by atoms with Crippen LogP contribution in [0.25, 0.3) is 10.8 Å². The first-order valence-corrected chi connectivity index (χ1v) is 6.05. The smallest absolute Gasteiger partial charge is 0.141 e. The Labute approximate surface area is 111 Å². The Hall–Kier alpha value is -2.55.